The number of carbonyl (C=O) groups is 1. The van der Waals surface area contributed by atoms with Crippen LogP contribution >= 0.6 is 0 Å². The highest BCUT2D eigenvalue weighted by molar-refractivity contribution is 5.76. The highest BCUT2D eigenvalue weighted by atomic mass is 16.3. The van der Waals surface area contributed by atoms with Crippen molar-refractivity contribution in [1.29, 1.82) is 0 Å². The second kappa shape index (κ2) is 68.9. The summed E-state index contributed by atoms with van der Waals surface area (Å²) in [4.78, 5) is 12.5. The van der Waals surface area contributed by atoms with Crippen molar-refractivity contribution in [2.75, 3.05) is 6.61 Å². The van der Waals surface area contributed by atoms with Gasteiger partial charge in [0.05, 0.1) is 18.8 Å². The van der Waals surface area contributed by atoms with Crippen molar-refractivity contribution in [3.63, 3.8) is 0 Å². The Morgan fingerprint density at radius 1 is 0.312 bits per heavy atom. The van der Waals surface area contributed by atoms with Crippen LogP contribution in [0, 0.1) is 0 Å². The van der Waals surface area contributed by atoms with Crippen molar-refractivity contribution in [2.45, 2.75) is 418 Å². The lowest BCUT2D eigenvalue weighted by atomic mass is 10.0. The number of aliphatic hydroxyl groups is 2. The Hall–Kier alpha value is -1.39. The maximum atomic E-state index is 12.5. The smallest absolute Gasteiger partial charge is 0.220 e. The Bertz CT molecular complexity index is 1180. The molecule has 0 fully saturated rings. The highest BCUT2D eigenvalue weighted by Gasteiger charge is 2.18. The third-order valence-corrected chi connectivity index (χ3v) is 16.9. The summed E-state index contributed by atoms with van der Waals surface area (Å²) in [6.07, 6.45) is 95.3. The molecule has 77 heavy (non-hydrogen) atoms. The zero-order valence-corrected chi connectivity index (χ0v) is 52.8. The molecular formula is C73H141NO3. The first-order chi connectivity index (χ1) is 38.2. The molecule has 1 amide bonds. The van der Waals surface area contributed by atoms with Gasteiger partial charge in [-0.2, -0.15) is 0 Å². The molecule has 0 aromatic heterocycles. The summed E-state index contributed by atoms with van der Waals surface area (Å²) in [6.45, 7) is 4.35. The molecule has 0 aromatic carbocycles. The number of aliphatic hydroxyl groups excluding tert-OH is 2. The van der Waals surface area contributed by atoms with Crippen LogP contribution in [0.2, 0.25) is 0 Å². The van der Waals surface area contributed by atoms with Crippen molar-refractivity contribution in [2.24, 2.45) is 0 Å². The molecule has 3 N–H and O–H groups in total. The second-order valence-corrected chi connectivity index (χ2v) is 24.7. The predicted molar refractivity (Wildman–Crippen MR) is 345 cm³/mol. The first-order valence-electron chi connectivity index (χ1n) is 35.7. The van der Waals surface area contributed by atoms with Gasteiger partial charge in [-0.05, 0) is 51.4 Å². The topological polar surface area (TPSA) is 69.6 Å². The van der Waals surface area contributed by atoms with E-state index in [2.05, 4.69) is 43.5 Å². The molecule has 0 aliphatic heterocycles. The van der Waals surface area contributed by atoms with Gasteiger partial charge in [-0.15, -0.1) is 0 Å². The second-order valence-electron chi connectivity index (χ2n) is 24.7. The molecule has 0 saturated heterocycles. The van der Waals surface area contributed by atoms with Gasteiger partial charge in [0.15, 0.2) is 0 Å². The van der Waals surface area contributed by atoms with Crippen molar-refractivity contribution < 1.29 is 15.0 Å². The third kappa shape index (κ3) is 65.3. The van der Waals surface area contributed by atoms with Crippen molar-refractivity contribution >= 4 is 5.91 Å². The average molecular weight is 1080 g/mol. The fraction of sp³-hybridized carbons (Fsp3) is 0.904. The molecule has 4 nitrogen and oxygen atoms in total. The largest absolute Gasteiger partial charge is 0.394 e. The maximum absolute atomic E-state index is 12.5. The number of allylic oxidation sites excluding steroid dienone is 5. The van der Waals surface area contributed by atoms with Crippen LogP contribution in [0.3, 0.4) is 0 Å². The number of amides is 1. The van der Waals surface area contributed by atoms with Gasteiger partial charge < -0.3 is 15.5 Å². The third-order valence-electron chi connectivity index (χ3n) is 16.9. The lowest BCUT2D eigenvalue weighted by molar-refractivity contribution is -0.123. The molecule has 0 bridgehead atoms. The van der Waals surface area contributed by atoms with E-state index in [1.54, 1.807) is 6.08 Å². The molecule has 2 atom stereocenters. The molecule has 0 aliphatic rings. The van der Waals surface area contributed by atoms with E-state index >= 15 is 0 Å². The van der Waals surface area contributed by atoms with Crippen LogP contribution < -0.4 is 5.32 Å². The van der Waals surface area contributed by atoms with E-state index in [4.69, 9.17) is 0 Å². The Morgan fingerprint density at radius 3 is 0.779 bits per heavy atom. The molecule has 0 aromatic rings. The van der Waals surface area contributed by atoms with Gasteiger partial charge in [0.25, 0.3) is 0 Å². The Balaban J connectivity index is 3.40. The lowest BCUT2D eigenvalue weighted by Crippen LogP contribution is -2.45. The molecule has 0 radical (unpaired) electrons. The normalized spacial score (nSPS) is 12.8. The molecule has 0 rings (SSSR count). The van der Waals surface area contributed by atoms with E-state index in [-0.39, 0.29) is 12.5 Å². The monoisotopic (exact) mass is 1080 g/mol. The van der Waals surface area contributed by atoms with Crippen LogP contribution in [-0.2, 0) is 4.79 Å². The van der Waals surface area contributed by atoms with Crippen LogP contribution in [0.1, 0.15) is 406 Å². The number of nitrogens with one attached hydrogen (secondary N) is 1. The fourth-order valence-corrected chi connectivity index (χ4v) is 11.5. The number of carbonyl (C=O) groups excluding carboxylic acids is 1. The summed E-state index contributed by atoms with van der Waals surface area (Å²) in [7, 11) is 0. The van der Waals surface area contributed by atoms with Crippen LogP contribution in [0.4, 0.5) is 0 Å². The molecule has 456 valence electrons. The van der Waals surface area contributed by atoms with Crippen molar-refractivity contribution in [3.8, 4) is 0 Å². The van der Waals surface area contributed by atoms with E-state index in [0.29, 0.717) is 6.42 Å². The number of hydrogen-bond donors (Lipinski definition) is 3. The van der Waals surface area contributed by atoms with Gasteiger partial charge in [0, 0.05) is 6.42 Å². The summed E-state index contributed by atoms with van der Waals surface area (Å²) < 4.78 is 0. The van der Waals surface area contributed by atoms with E-state index in [1.165, 1.54) is 353 Å². The molecule has 0 saturated carbocycles. The summed E-state index contributed by atoms with van der Waals surface area (Å²) in [5.74, 6) is -0.0547. The van der Waals surface area contributed by atoms with Gasteiger partial charge in [-0.1, -0.05) is 384 Å². The van der Waals surface area contributed by atoms with E-state index < -0.39 is 12.1 Å². The summed E-state index contributed by atoms with van der Waals surface area (Å²) >= 11 is 0. The Labute approximate surface area is 484 Å². The fourth-order valence-electron chi connectivity index (χ4n) is 11.5. The SMILES string of the molecule is CCCCCCC/C=C\C/C=C\CCCCCCCCCCCCCCCCCCCCCCCCCCCC(=O)NC(CO)C(O)/C=C/CCCCCCCCCCCCCCCCCCCCCCCCCCCC. The standard InChI is InChI=1S/C73H141NO3/c1-3-5-7-9-11-13-15-17-19-21-23-25-27-29-31-33-34-35-36-37-38-39-40-41-43-45-47-49-51-53-55-57-59-61-63-65-67-69-73(77)74-71(70-75)72(76)68-66-64-62-60-58-56-54-52-50-48-46-44-42-32-30-28-26-24-22-20-18-16-14-12-10-8-6-4-2/h15,17,21,23,66,68,71-72,75-76H,3-14,16,18-20,22,24-65,67,69-70H2,1-2H3,(H,74,77)/b17-15-,23-21-,68-66+. The molecule has 2 unspecified atom stereocenters. The molecular weight excluding hydrogens is 939 g/mol. The first-order valence-corrected chi connectivity index (χ1v) is 35.7. The molecule has 0 heterocycles. The predicted octanol–water partition coefficient (Wildman–Crippen LogP) is 24.3. The lowest BCUT2D eigenvalue weighted by Gasteiger charge is -2.20. The first kappa shape index (κ1) is 75.6. The minimum atomic E-state index is -0.839. The number of rotatable bonds is 67. The van der Waals surface area contributed by atoms with Crippen LogP contribution in [-0.4, -0.2) is 34.9 Å². The van der Waals surface area contributed by atoms with Gasteiger partial charge in [0.2, 0.25) is 5.91 Å². The average Bonchev–Trinajstić information content (AvgIpc) is 3.43. The quantitative estimate of drug-likeness (QED) is 0.0420. The number of unbranched alkanes of at least 4 members (excludes halogenated alkanes) is 56. The van der Waals surface area contributed by atoms with Crippen molar-refractivity contribution in [3.05, 3.63) is 36.5 Å². The number of hydrogen-bond acceptors (Lipinski definition) is 3. The van der Waals surface area contributed by atoms with Crippen LogP contribution in [0.5, 0.6) is 0 Å². The van der Waals surface area contributed by atoms with Crippen LogP contribution in [0.25, 0.3) is 0 Å². The van der Waals surface area contributed by atoms with E-state index in [1.807, 2.05) is 6.08 Å². The van der Waals surface area contributed by atoms with Gasteiger partial charge >= 0.3 is 0 Å². The highest BCUT2D eigenvalue weighted by Crippen LogP contribution is 2.19. The minimum Gasteiger partial charge on any atom is -0.394 e. The zero-order valence-electron chi connectivity index (χ0n) is 52.8. The van der Waals surface area contributed by atoms with Gasteiger partial charge in [-0.3, -0.25) is 4.79 Å². The Kier molecular flexibility index (Phi) is 67.6. The van der Waals surface area contributed by atoms with Gasteiger partial charge in [-0.25, -0.2) is 0 Å². The zero-order chi connectivity index (χ0) is 55.5. The van der Waals surface area contributed by atoms with E-state index in [0.717, 1.165) is 32.1 Å². The summed E-state index contributed by atoms with van der Waals surface area (Å²) in [5.41, 5.74) is 0. The molecule has 4 heteroatoms. The summed E-state index contributed by atoms with van der Waals surface area (Å²) in [5, 5.41) is 23.3. The Morgan fingerprint density at radius 2 is 0.532 bits per heavy atom. The molecule has 0 spiro atoms. The summed E-state index contributed by atoms with van der Waals surface area (Å²) in [6, 6.07) is -0.622. The minimum absolute atomic E-state index is 0.0547. The van der Waals surface area contributed by atoms with Crippen LogP contribution in [0.15, 0.2) is 36.5 Å². The maximum Gasteiger partial charge on any atom is 0.220 e. The van der Waals surface area contributed by atoms with E-state index in [9.17, 15) is 15.0 Å². The molecule has 0 aliphatic carbocycles. The van der Waals surface area contributed by atoms with Crippen molar-refractivity contribution in [1.82, 2.24) is 5.32 Å². The van der Waals surface area contributed by atoms with Gasteiger partial charge in [0.1, 0.15) is 0 Å².